The predicted octanol–water partition coefficient (Wildman–Crippen LogP) is 2.66. The highest BCUT2D eigenvalue weighted by Crippen LogP contribution is 2.36. The first-order valence-corrected chi connectivity index (χ1v) is 7.75. The van der Waals surface area contributed by atoms with Gasteiger partial charge in [0.15, 0.2) is 0 Å². The van der Waals surface area contributed by atoms with Gasteiger partial charge in [-0.2, -0.15) is 0 Å². The SMILES string of the molecule is C=CCOCC1COC(Cn2ccnc2)(c2ccc(C)cc2)O1. The summed E-state index contributed by atoms with van der Waals surface area (Å²) in [7, 11) is 0. The van der Waals surface area contributed by atoms with Gasteiger partial charge in [0.2, 0.25) is 5.79 Å². The fraction of sp³-hybridized carbons (Fsp3) is 0.389. The molecule has 1 aliphatic heterocycles. The van der Waals surface area contributed by atoms with Crippen LogP contribution in [0.3, 0.4) is 0 Å². The number of rotatable bonds is 7. The Morgan fingerprint density at radius 1 is 1.43 bits per heavy atom. The normalized spacial score (nSPS) is 24.0. The Morgan fingerprint density at radius 2 is 2.26 bits per heavy atom. The van der Waals surface area contributed by atoms with Crippen LogP contribution in [-0.4, -0.2) is 35.5 Å². The van der Waals surface area contributed by atoms with Gasteiger partial charge in [0.1, 0.15) is 6.10 Å². The van der Waals surface area contributed by atoms with Gasteiger partial charge in [0, 0.05) is 18.0 Å². The van der Waals surface area contributed by atoms with Crippen molar-refractivity contribution >= 4 is 0 Å². The molecule has 23 heavy (non-hydrogen) atoms. The van der Waals surface area contributed by atoms with E-state index in [1.807, 2.05) is 10.8 Å². The number of hydrogen-bond acceptors (Lipinski definition) is 4. The lowest BCUT2D eigenvalue weighted by Crippen LogP contribution is -2.34. The second kappa shape index (κ2) is 7.08. The second-order valence-electron chi connectivity index (χ2n) is 5.73. The standard InChI is InChI=1S/C18H22N2O3/c1-3-10-21-11-17-12-22-18(23-17,13-20-9-8-19-14-20)16-6-4-15(2)5-7-16/h3-9,14,17H,1,10-13H2,2H3. The van der Waals surface area contributed by atoms with Crippen LogP contribution < -0.4 is 0 Å². The van der Waals surface area contributed by atoms with Crippen molar-refractivity contribution in [1.82, 2.24) is 9.55 Å². The van der Waals surface area contributed by atoms with Crippen LogP contribution in [0.15, 0.2) is 55.6 Å². The molecular weight excluding hydrogens is 292 g/mol. The highest BCUT2D eigenvalue weighted by atomic mass is 16.8. The number of aromatic nitrogens is 2. The molecule has 122 valence electrons. The van der Waals surface area contributed by atoms with E-state index < -0.39 is 5.79 Å². The van der Waals surface area contributed by atoms with Gasteiger partial charge in [-0.25, -0.2) is 4.98 Å². The minimum absolute atomic E-state index is 0.0974. The van der Waals surface area contributed by atoms with Gasteiger partial charge in [-0.1, -0.05) is 35.9 Å². The van der Waals surface area contributed by atoms with Crippen LogP contribution in [0, 0.1) is 6.92 Å². The fourth-order valence-corrected chi connectivity index (χ4v) is 2.68. The molecule has 1 fully saturated rings. The minimum Gasteiger partial charge on any atom is -0.375 e. The fourth-order valence-electron chi connectivity index (χ4n) is 2.68. The average Bonchev–Trinajstić information content (AvgIpc) is 3.19. The van der Waals surface area contributed by atoms with E-state index in [4.69, 9.17) is 14.2 Å². The summed E-state index contributed by atoms with van der Waals surface area (Å²) < 4.78 is 19.8. The van der Waals surface area contributed by atoms with E-state index in [1.165, 1.54) is 5.56 Å². The van der Waals surface area contributed by atoms with Gasteiger partial charge in [0.05, 0.1) is 32.7 Å². The lowest BCUT2D eigenvalue weighted by molar-refractivity contribution is -0.191. The Labute approximate surface area is 136 Å². The molecule has 2 unspecified atom stereocenters. The summed E-state index contributed by atoms with van der Waals surface area (Å²) in [6, 6.07) is 8.25. The zero-order valence-corrected chi connectivity index (χ0v) is 13.4. The van der Waals surface area contributed by atoms with E-state index in [2.05, 4.69) is 42.8 Å². The molecule has 1 aromatic carbocycles. The smallest absolute Gasteiger partial charge is 0.214 e. The monoisotopic (exact) mass is 314 g/mol. The number of nitrogens with zero attached hydrogens (tertiary/aromatic N) is 2. The molecule has 3 rings (SSSR count). The highest BCUT2D eigenvalue weighted by Gasteiger charge is 2.43. The van der Waals surface area contributed by atoms with Crippen molar-refractivity contribution in [3.05, 3.63) is 66.8 Å². The first kappa shape index (κ1) is 15.9. The summed E-state index contributed by atoms with van der Waals surface area (Å²) in [4.78, 5) is 4.10. The third kappa shape index (κ3) is 3.69. The molecule has 0 radical (unpaired) electrons. The minimum atomic E-state index is -0.809. The molecule has 0 amide bonds. The van der Waals surface area contributed by atoms with Crippen molar-refractivity contribution in [1.29, 1.82) is 0 Å². The maximum absolute atomic E-state index is 6.26. The molecule has 2 atom stereocenters. The van der Waals surface area contributed by atoms with Crippen LogP contribution in [0.5, 0.6) is 0 Å². The zero-order chi connectivity index (χ0) is 16.1. The molecular formula is C18H22N2O3. The van der Waals surface area contributed by atoms with Crippen LogP contribution in [0.25, 0.3) is 0 Å². The van der Waals surface area contributed by atoms with E-state index in [0.29, 0.717) is 26.4 Å². The molecule has 2 heterocycles. The predicted molar refractivity (Wildman–Crippen MR) is 86.9 cm³/mol. The second-order valence-corrected chi connectivity index (χ2v) is 5.73. The third-order valence-electron chi connectivity index (χ3n) is 3.84. The maximum Gasteiger partial charge on any atom is 0.214 e. The number of aryl methyl sites for hydroxylation is 1. The van der Waals surface area contributed by atoms with Crippen molar-refractivity contribution in [3.63, 3.8) is 0 Å². The lowest BCUT2D eigenvalue weighted by Gasteiger charge is -2.29. The number of hydrogen-bond donors (Lipinski definition) is 0. The van der Waals surface area contributed by atoms with Gasteiger partial charge >= 0.3 is 0 Å². The topological polar surface area (TPSA) is 45.5 Å². The molecule has 1 saturated heterocycles. The van der Waals surface area contributed by atoms with E-state index in [1.54, 1.807) is 18.6 Å². The number of ether oxygens (including phenoxy) is 3. The van der Waals surface area contributed by atoms with Crippen LogP contribution in [0.4, 0.5) is 0 Å². The van der Waals surface area contributed by atoms with Gasteiger partial charge in [-0.15, -0.1) is 6.58 Å². The molecule has 0 spiro atoms. The summed E-state index contributed by atoms with van der Waals surface area (Å²) in [5.74, 6) is -0.809. The van der Waals surface area contributed by atoms with Crippen LogP contribution >= 0.6 is 0 Å². The number of imidazole rings is 1. The summed E-state index contributed by atoms with van der Waals surface area (Å²) in [5.41, 5.74) is 2.21. The van der Waals surface area contributed by atoms with Crippen LogP contribution in [0.2, 0.25) is 0 Å². The molecule has 5 heteroatoms. The first-order valence-electron chi connectivity index (χ1n) is 7.75. The largest absolute Gasteiger partial charge is 0.375 e. The van der Waals surface area contributed by atoms with Crippen molar-refractivity contribution in [2.24, 2.45) is 0 Å². The van der Waals surface area contributed by atoms with E-state index in [9.17, 15) is 0 Å². The van der Waals surface area contributed by atoms with E-state index >= 15 is 0 Å². The van der Waals surface area contributed by atoms with Crippen LogP contribution in [-0.2, 0) is 26.5 Å². The molecule has 0 N–H and O–H groups in total. The molecule has 0 aliphatic carbocycles. The van der Waals surface area contributed by atoms with Crippen molar-refractivity contribution in [2.45, 2.75) is 25.4 Å². The first-order chi connectivity index (χ1) is 11.2. The quantitative estimate of drug-likeness (QED) is 0.582. The Morgan fingerprint density at radius 3 is 2.96 bits per heavy atom. The third-order valence-corrected chi connectivity index (χ3v) is 3.84. The Hall–Kier alpha value is -1.95. The summed E-state index contributed by atoms with van der Waals surface area (Å²) in [6.45, 7) is 7.77. The maximum atomic E-state index is 6.26. The molecule has 2 aromatic rings. The van der Waals surface area contributed by atoms with Crippen LogP contribution in [0.1, 0.15) is 11.1 Å². The molecule has 1 aliphatic rings. The molecule has 0 bridgehead atoms. The van der Waals surface area contributed by atoms with Crippen molar-refractivity contribution in [2.75, 3.05) is 19.8 Å². The van der Waals surface area contributed by atoms with Gasteiger partial charge in [-0.05, 0) is 6.92 Å². The average molecular weight is 314 g/mol. The van der Waals surface area contributed by atoms with E-state index in [-0.39, 0.29) is 6.10 Å². The lowest BCUT2D eigenvalue weighted by atomic mass is 10.0. The van der Waals surface area contributed by atoms with Gasteiger partial charge in [0.25, 0.3) is 0 Å². The summed E-state index contributed by atoms with van der Waals surface area (Å²) in [5, 5.41) is 0. The van der Waals surface area contributed by atoms with Crippen molar-refractivity contribution < 1.29 is 14.2 Å². The van der Waals surface area contributed by atoms with Gasteiger partial charge < -0.3 is 18.8 Å². The van der Waals surface area contributed by atoms with E-state index in [0.717, 1.165) is 5.56 Å². The Bertz CT molecular complexity index is 624. The Balaban J connectivity index is 1.80. The highest BCUT2D eigenvalue weighted by molar-refractivity contribution is 5.26. The molecule has 5 nitrogen and oxygen atoms in total. The Kier molecular flexibility index (Phi) is 4.91. The zero-order valence-electron chi connectivity index (χ0n) is 13.4. The van der Waals surface area contributed by atoms with Crippen molar-refractivity contribution in [3.8, 4) is 0 Å². The number of benzene rings is 1. The summed E-state index contributed by atoms with van der Waals surface area (Å²) in [6.07, 6.45) is 7.06. The molecule has 0 saturated carbocycles. The molecule has 1 aromatic heterocycles. The summed E-state index contributed by atoms with van der Waals surface area (Å²) >= 11 is 0. The van der Waals surface area contributed by atoms with Gasteiger partial charge in [-0.3, -0.25) is 0 Å².